The van der Waals surface area contributed by atoms with Crippen molar-refractivity contribution in [3.63, 3.8) is 0 Å². The van der Waals surface area contributed by atoms with Crippen LogP contribution in [-0.4, -0.2) is 169 Å². The van der Waals surface area contributed by atoms with Crippen molar-refractivity contribution in [3.05, 3.63) is 0 Å². The van der Waals surface area contributed by atoms with Gasteiger partial charge in [-0.2, -0.15) is 20.2 Å². The van der Waals surface area contributed by atoms with Crippen LogP contribution in [-0.2, 0) is 57.9 Å². The van der Waals surface area contributed by atoms with Gasteiger partial charge in [-0.1, -0.05) is 66.8 Å². The number of ether oxygens (including phenoxy) is 5. The molecule has 0 saturated heterocycles. The number of urea groups is 1. The van der Waals surface area contributed by atoms with E-state index in [-0.39, 0.29) is 115 Å². The number of rotatable bonds is 9. The predicted molar refractivity (Wildman–Crippen MR) is 273 cm³/mol. The molecule has 0 saturated carbocycles. The van der Waals surface area contributed by atoms with Gasteiger partial charge in [0.25, 0.3) is 10.2 Å². The molecule has 0 aliphatic carbocycles. The lowest BCUT2D eigenvalue weighted by molar-refractivity contribution is -0.142. The maximum atomic E-state index is 10.6. The van der Waals surface area contributed by atoms with Crippen molar-refractivity contribution in [1.82, 2.24) is 41.3 Å². The number of hydrogen-bond acceptors (Lipinski definition) is 16. The lowest BCUT2D eigenvalue weighted by Gasteiger charge is -1.98. The van der Waals surface area contributed by atoms with Crippen molar-refractivity contribution >= 4 is 63.8 Å². The molecule has 0 aromatic rings. The third kappa shape index (κ3) is 189. The molecule has 22 nitrogen and oxygen atoms in total. The first-order chi connectivity index (χ1) is 25.2. The number of carbonyl (C=O) groups is 7. The minimum Gasteiger partial charge on any atom is -0.469 e. The van der Waals surface area contributed by atoms with Crippen molar-refractivity contribution in [3.8, 4) is 0 Å². The molecule has 0 atom stereocenters. The minimum absolute atomic E-state index is 0. The van der Waals surface area contributed by atoms with Crippen molar-refractivity contribution in [2.45, 2.75) is 106 Å². The highest BCUT2D eigenvalue weighted by molar-refractivity contribution is 7.97. The molecule has 0 spiro atoms. The zero-order valence-electron chi connectivity index (χ0n) is 35.6. The molecule has 0 rings (SSSR count). The zero-order valence-corrected chi connectivity index (χ0v) is 37.2. The van der Waals surface area contributed by atoms with Crippen LogP contribution in [0, 0.1) is 0 Å². The van der Waals surface area contributed by atoms with Gasteiger partial charge in [-0.3, -0.25) is 24.0 Å². The number of hydrogen-bond donors (Lipinski definition) is 8. The van der Waals surface area contributed by atoms with Gasteiger partial charge in [0.2, 0.25) is 11.8 Å². The van der Waals surface area contributed by atoms with Crippen LogP contribution in [0.1, 0.15) is 106 Å². The third-order valence-electron chi connectivity index (χ3n) is 4.02. The number of alkyl carbamates (subject to hydrolysis) is 1. The van der Waals surface area contributed by atoms with Gasteiger partial charge in [0.1, 0.15) is 0 Å². The quantitative estimate of drug-likeness (QED) is 0.112. The Bertz CT molecular complexity index is 912. The SMILES string of the molecule is C.C.C.C.C.C.C.C.C.CNC.CNC(=O)CCC(=O)OC.CNC(=O)CCCC(=O)OC.CNC(=O)NC.CNC(=O)OC.CNS(=O)(=O)NC.COC.COC(C)=O.CSC. The smallest absolute Gasteiger partial charge is 0.406 e. The second-order valence-corrected chi connectivity index (χ2v) is 11.0. The van der Waals surface area contributed by atoms with Gasteiger partial charge in [0, 0.05) is 89.7 Å². The molecular formula is C39H108N8O14S2. The Labute approximate surface area is 394 Å². The van der Waals surface area contributed by atoms with Crippen LogP contribution in [0.5, 0.6) is 0 Å². The van der Waals surface area contributed by atoms with Gasteiger partial charge in [0.05, 0.1) is 34.9 Å². The van der Waals surface area contributed by atoms with Crippen molar-refractivity contribution in [2.24, 2.45) is 0 Å². The maximum absolute atomic E-state index is 10.6. The summed E-state index contributed by atoms with van der Waals surface area (Å²) in [7, 11) is 19.6. The molecular weight excluding hydrogens is 869 g/mol. The number of methoxy groups -OCH3 is 5. The number of thioether (sulfide) groups is 1. The van der Waals surface area contributed by atoms with Crippen molar-refractivity contribution in [2.75, 3.05) is 119 Å². The molecule has 0 aliphatic rings. The van der Waals surface area contributed by atoms with E-state index >= 15 is 0 Å². The topological polar surface area (TPSA) is 296 Å². The molecule has 0 unspecified atom stereocenters. The maximum Gasteiger partial charge on any atom is 0.406 e. The fourth-order valence-corrected chi connectivity index (χ4v) is 1.60. The Morgan fingerprint density at radius 2 is 0.730 bits per heavy atom. The van der Waals surface area contributed by atoms with E-state index in [9.17, 15) is 42.0 Å². The van der Waals surface area contributed by atoms with Crippen molar-refractivity contribution < 1.29 is 65.7 Å². The summed E-state index contributed by atoms with van der Waals surface area (Å²) in [5.41, 5.74) is 0. The molecule has 0 radical (unpaired) electrons. The highest BCUT2D eigenvalue weighted by atomic mass is 32.2. The molecule has 0 bridgehead atoms. The molecule has 24 heteroatoms. The summed E-state index contributed by atoms with van der Waals surface area (Å²) in [6.45, 7) is 1.36. The average molecular weight is 977 g/mol. The second kappa shape index (κ2) is 107. The summed E-state index contributed by atoms with van der Waals surface area (Å²) in [4.78, 5) is 71.5. The zero-order chi connectivity index (χ0) is 45.0. The normalized spacial score (nSPS) is 6.95. The van der Waals surface area contributed by atoms with Gasteiger partial charge in [-0.25, -0.2) is 19.0 Å². The number of esters is 3. The minimum atomic E-state index is -3.16. The Morgan fingerprint density at radius 1 is 0.460 bits per heavy atom. The molecule has 8 N–H and O–H groups in total. The van der Waals surface area contributed by atoms with E-state index in [0.29, 0.717) is 19.3 Å². The van der Waals surface area contributed by atoms with E-state index in [4.69, 9.17) is 0 Å². The van der Waals surface area contributed by atoms with Crippen LogP contribution >= 0.6 is 11.8 Å². The summed E-state index contributed by atoms with van der Waals surface area (Å²) in [5.74, 6) is -1.07. The fraction of sp³-hybridized carbons (Fsp3) is 0.821. The number of nitrogens with one attached hydrogen (secondary N) is 8. The van der Waals surface area contributed by atoms with E-state index < -0.39 is 16.3 Å². The Hall–Kier alpha value is -3.97. The molecule has 0 aliphatic heterocycles. The van der Waals surface area contributed by atoms with E-state index in [1.54, 1.807) is 47.1 Å². The van der Waals surface area contributed by atoms with Crippen LogP contribution in [0.3, 0.4) is 0 Å². The van der Waals surface area contributed by atoms with E-state index in [1.165, 1.54) is 63.6 Å². The largest absolute Gasteiger partial charge is 0.469 e. The molecule has 0 aromatic carbocycles. The predicted octanol–water partition coefficient (Wildman–Crippen LogP) is 4.93. The van der Waals surface area contributed by atoms with E-state index in [0.717, 1.165) is 0 Å². The molecule has 0 fully saturated rings. The van der Waals surface area contributed by atoms with Gasteiger partial charge in [0.15, 0.2) is 0 Å². The summed E-state index contributed by atoms with van der Waals surface area (Å²) in [6.07, 6.45) is 5.26. The van der Waals surface area contributed by atoms with Gasteiger partial charge in [-0.15, -0.1) is 0 Å². The highest BCUT2D eigenvalue weighted by Gasteiger charge is 2.04. The van der Waals surface area contributed by atoms with Crippen LogP contribution in [0.4, 0.5) is 9.59 Å². The molecule has 5 amide bonds. The van der Waals surface area contributed by atoms with Gasteiger partial charge in [-0.05, 0) is 33.0 Å². The second-order valence-electron chi connectivity index (χ2n) is 8.35. The third-order valence-corrected chi connectivity index (χ3v) is 5.10. The van der Waals surface area contributed by atoms with E-state index in [2.05, 4.69) is 65.0 Å². The Morgan fingerprint density at radius 3 is 0.873 bits per heavy atom. The first-order valence-electron chi connectivity index (χ1n) is 15.4. The summed E-state index contributed by atoms with van der Waals surface area (Å²) in [6, 6.07) is -0.157. The van der Waals surface area contributed by atoms with E-state index in [1.807, 2.05) is 26.6 Å². The lowest BCUT2D eigenvalue weighted by Crippen LogP contribution is -2.30. The first-order valence-corrected chi connectivity index (χ1v) is 18.5. The summed E-state index contributed by atoms with van der Waals surface area (Å²) in [5, 5.41) is 14.6. The van der Waals surface area contributed by atoms with Gasteiger partial charge >= 0.3 is 30.0 Å². The standard InChI is InChI=1S/C7H13NO3.C6H11NO3.C3H8N2O.C3H7NO2.C3H6O2.C2H8N2O2S.C2H7N.C2H6O.C2H6S.9CH4/c1-8-6(9)4-3-5-7(10)11-2;1-7-5(8)3-4-6(9)10-2;1-4-3(6)5-2;1-4-3(5)6-2;1-3(4)5-2;1-3-7(5,6)4-2;3*1-3-2;;;;;;;;;/h3-5H2,1-2H3,(H,8,9);3-4H2,1-2H3,(H,7,8);1-2H3,(H2,4,5,6);1-2H3,(H,4,5);1-2H3;3-4H,1-2H3;3H,1-2H3;2*1-2H3;9*1H4. The molecule has 63 heavy (non-hydrogen) atoms. The summed E-state index contributed by atoms with van der Waals surface area (Å²) >= 11 is 1.75. The van der Waals surface area contributed by atoms with Crippen LogP contribution in [0.2, 0.25) is 0 Å². The molecule has 0 aromatic heterocycles. The average Bonchev–Trinajstić information content (AvgIpc) is 3.17. The molecule has 0 heterocycles. The van der Waals surface area contributed by atoms with Crippen LogP contribution < -0.4 is 41.3 Å². The summed E-state index contributed by atoms with van der Waals surface area (Å²) < 4.78 is 45.6. The monoisotopic (exact) mass is 977 g/mol. The fourth-order valence-electron chi connectivity index (χ4n) is 1.39. The number of carbonyl (C=O) groups excluding carboxylic acids is 7. The van der Waals surface area contributed by atoms with Crippen LogP contribution in [0.15, 0.2) is 0 Å². The lowest BCUT2D eigenvalue weighted by atomic mass is 10.2. The number of amides is 5. The van der Waals surface area contributed by atoms with Crippen LogP contribution in [0.25, 0.3) is 0 Å². The first kappa shape index (κ1) is 118. The highest BCUT2D eigenvalue weighted by Crippen LogP contribution is 1.96. The van der Waals surface area contributed by atoms with Gasteiger partial charge < -0.3 is 55.6 Å². The molecule has 400 valence electrons. The Kier molecular flexibility index (Phi) is 200. The Balaban J connectivity index is -0.0000000229. The van der Waals surface area contributed by atoms with Crippen molar-refractivity contribution in [1.29, 1.82) is 0 Å².